The highest BCUT2D eigenvalue weighted by atomic mass is 19.1. The van der Waals surface area contributed by atoms with Crippen LogP contribution in [-0.4, -0.2) is 33.1 Å². The van der Waals surface area contributed by atoms with E-state index in [0.717, 1.165) is 43.7 Å². The zero-order valence-electron chi connectivity index (χ0n) is 11.9. The van der Waals surface area contributed by atoms with Crippen LogP contribution in [0.15, 0.2) is 36.8 Å². The van der Waals surface area contributed by atoms with Crippen molar-refractivity contribution in [3.63, 3.8) is 0 Å². The number of aromatic nitrogens is 2. The van der Waals surface area contributed by atoms with E-state index in [2.05, 4.69) is 14.9 Å². The lowest BCUT2D eigenvalue weighted by Crippen LogP contribution is -2.35. The van der Waals surface area contributed by atoms with E-state index in [1.165, 1.54) is 12.1 Å². The summed E-state index contributed by atoms with van der Waals surface area (Å²) in [5, 5.41) is 10.4. The predicted octanol–water partition coefficient (Wildman–Crippen LogP) is 2.49. The molecule has 0 aliphatic carbocycles. The standard InChI is InChI=1S/C16H20FN3O/c17-14-3-1-12(2-4-14)16(21)13-5-7-20(8-6-13)10-15-9-18-11-19-15/h1-4,9,11,13,16,21H,5-8,10H2,(H,18,19). The molecule has 0 radical (unpaired) electrons. The number of hydrogen-bond acceptors (Lipinski definition) is 3. The maximum absolute atomic E-state index is 12.9. The molecule has 0 spiro atoms. The largest absolute Gasteiger partial charge is 0.388 e. The third-order valence-corrected chi connectivity index (χ3v) is 4.24. The fourth-order valence-electron chi connectivity index (χ4n) is 2.97. The zero-order chi connectivity index (χ0) is 14.7. The number of halogens is 1. The fraction of sp³-hybridized carbons (Fsp3) is 0.438. The Morgan fingerprint density at radius 2 is 2.00 bits per heavy atom. The minimum Gasteiger partial charge on any atom is -0.388 e. The van der Waals surface area contributed by atoms with Crippen LogP contribution >= 0.6 is 0 Å². The van der Waals surface area contributed by atoms with Crippen molar-refractivity contribution in [2.24, 2.45) is 5.92 Å². The minimum atomic E-state index is -0.500. The number of aliphatic hydroxyl groups is 1. The molecule has 3 rings (SSSR count). The lowest BCUT2D eigenvalue weighted by atomic mass is 9.87. The average Bonchev–Trinajstić information content (AvgIpc) is 3.01. The Morgan fingerprint density at radius 3 is 2.62 bits per heavy atom. The SMILES string of the molecule is OC(c1ccc(F)cc1)C1CCN(Cc2cnc[nH]2)CC1. The van der Waals surface area contributed by atoms with Crippen molar-refractivity contribution in [3.05, 3.63) is 53.9 Å². The summed E-state index contributed by atoms with van der Waals surface area (Å²) in [5.74, 6) is -0.0196. The van der Waals surface area contributed by atoms with Crippen molar-refractivity contribution in [2.45, 2.75) is 25.5 Å². The molecule has 2 aromatic rings. The Bertz CT molecular complexity index is 547. The molecule has 1 atom stereocenters. The molecule has 0 saturated carbocycles. The van der Waals surface area contributed by atoms with E-state index in [0.29, 0.717) is 0 Å². The lowest BCUT2D eigenvalue weighted by Gasteiger charge is -2.34. The molecule has 1 aliphatic rings. The van der Waals surface area contributed by atoms with Crippen molar-refractivity contribution in [2.75, 3.05) is 13.1 Å². The van der Waals surface area contributed by atoms with Gasteiger partial charge in [0.25, 0.3) is 0 Å². The molecule has 4 nitrogen and oxygen atoms in total. The maximum Gasteiger partial charge on any atom is 0.123 e. The van der Waals surface area contributed by atoms with Gasteiger partial charge in [0.15, 0.2) is 0 Å². The first-order chi connectivity index (χ1) is 10.2. The fourth-order valence-corrected chi connectivity index (χ4v) is 2.97. The summed E-state index contributed by atoms with van der Waals surface area (Å²) >= 11 is 0. The molecule has 0 amide bonds. The Labute approximate surface area is 123 Å². The highest BCUT2D eigenvalue weighted by Crippen LogP contribution is 2.31. The molecule has 0 bridgehead atoms. The van der Waals surface area contributed by atoms with Crippen LogP contribution in [0.3, 0.4) is 0 Å². The number of aliphatic hydroxyl groups excluding tert-OH is 1. The summed E-state index contributed by atoms with van der Waals surface area (Å²) in [6.07, 6.45) is 4.94. The van der Waals surface area contributed by atoms with Gasteiger partial charge in [0, 0.05) is 18.4 Å². The van der Waals surface area contributed by atoms with Crippen LogP contribution in [0.4, 0.5) is 4.39 Å². The first kappa shape index (κ1) is 14.2. The van der Waals surface area contributed by atoms with Crippen LogP contribution in [0.5, 0.6) is 0 Å². The summed E-state index contributed by atoms with van der Waals surface area (Å²) in [7, 11) is 0. The van der Waals surface area contributed by atoms with E-state index in [4.69, 9.17) is 0 Å². The number of nitrogens with zero attached hydrogens (tertiary/aromatic N) is 2. The number of likely N-dealkylation sites (tertiary alicyclic amines) is 1. The highest BCUT2D eigenvalue weighted by Gasteiger charge is 2.26. The second-order valence-corrected chi connectivity index (χ2v) is 5.69. The number of imidazole rings is 1. The smallest absolute Gasteiger partial charge is 0.123 e. The summed E-state index contributed by atoms with van der Waals surface area (Å²) in [6.45, 7) is 2.79. The predicted molar refractivity (Wildman–Crippen MR) is 77.9 cm³/mol. The first-order valence-corrected chi connectivity index (χ1v) is 7.35. The van der Waals surface area contributed by atoms with Crippen molar-refractivity contribution in [1.29, 1.82) is 0 Å². The number of piperidine rings is 1. The van der Waals surface area contributed by atoms with Crippen molar-refractivity contribution in [3.8, 4) is 0 Å². The number of rotatable bonds is 4. The Morgan fingerprint density at radius 1 is 1.29 bits per heavy atom. The second kappa shape index (κ2) is 6.37. The molecule has 1 unspecified atom stereocenters. The second-order valence-electron chi connectivity index (χ2n) is 5.69. The van der Waals surface area contributed by atoms with Crippen molar-refractivity contribution >= 4 is 0 Å². The van der Waals surface area contributed by atoms with Gasteiger partial charge in [-0.1, -0.05) is 12.1 Å². The molecule has 2 heterocycles. The lowest BCUT2D eigenvalue weighted by molar-refractivity contribution is 0.0564. The van der Waals surface area contributed by atoms with Crippen LogP contribution in [0.1, 0.15) is 30.2 Å². The van der Waals surface area contributed by atoms with E-state index in [-0.39, 0.29) is 11.7 Å². The number of benzene rings is 1. The number of nitrogens with one attached hydrogen (secondary N) is 1. The van der Waals surface area contributed by atoms with Gasteiger partial charge in [-0.05, 0) is 49.5 Å². The van der Waals surface area contributed by atoms with Gasteiger partial charge < -0.3 is 10.1 Å². The molecule has 1 saturated heterocycles. The van der Waals surface area contributed by atoms with Crippen molar-refractivity contribution in [1.82, 2.24) is 14.9 Å². The molecule has 1 fully saturated rings. The summed E-state index contributed by atoms with van der Waals surface area (Å²) in [5.41, 5.74) is 1.93. The summed E-state index contributed by atoms with van der Waals surface area (Å²) < 4.78 is 12.9. The average molecular weight is 289 g/mol. The number of hydrogen-bond donors (Lipinski definition) is 2. The molecule has 112 valence electrons. The Hall–Kier alpha value is -1.72. The van der Waals surface area contributed by atoms with Crippen molar-refractivity contribution < 1.29 is 9.50 Å². The maximum atomic E-state index is 12.9. The van der Waals surface area contributed by atoms with E-state index in [1.807, 2.05) is 6.20 Å². The van der Waals surface area contributed by atoms with Gasteiger partial charge in [0.05, 0.1) is 12.4 Å². The van der Waals surface area contributed by atoms with E-state index >= 15 is 0 Å². The Balaban J connectivity index is 1.54. The van der Waals surface area contributed by atoms with Crippen LogP contribution in [-0.2, 0) is 6.54 Å². The minimum absolute atomic E-state index is 0.244. The van der Waals surface area contributed by atoms with Crippen LogP contribution in [0, 0.1) is 11.7 Å². The highest BCUT2D eigenvalue weighted by molar-refractivity contribution is 5.19. The van der Waals surface area contributed by atoms with Gasteiger partial charge in [-0.2, -0.15) is 0 Å². The van der Waals surface area contributed by atoms with E-state index in [9.17, 15) is 9.50 Å². The molecule has 5 heteroatoms. The van der Waals surface area contributed by atoms with E-state index < -0.39 is 6.10 Å². The van der Waals surface area contributed by atoms with Gasteiger partial charge in [0.2, 0.25) is 0 Å². The molecular formula is C16H20FN3O. The van der Waals surface area contributed by atoms with Gasteiger partial charge in [-0.25, -0.2) is 9.37 Å². The molecule has 1 aromatic carbocycles. The molecule has 1 aromatic heterocycles. The molecule has 1 aliphatic heterocycles. The van der Waals surface area contributed by atoms with E-state index in [1.54, 1.807) is 18.5 Å². The summed E-state index contributed by atoms with van der Waals surface area (Å²) in [6, 6.07) is 6.17. The zero-order valence-corrected chi connectivity index (χ0v) is 11.9. The van der Waals surface area contributed by atoms with Gasteiger partial charge in [-0.3, -0.25) is 4.90 Å². The van der Waals surface area contributed by atoms with Gasteiger partial charge in [0.1, 0.15) is 5.82 Å². The normalized spacial score (nSPS) is 18.8. The molecule has 21 heavy (non-hydrogen) atoms. The quantitative estimate of drug-likeness (QED) is 0.909. The number of aromatic amines is 1. The molecule has 2 N–H and O–H groups in total. The topological polar surface area (TPSA) is 52.1 Å². The van der Waals surface area contributed by atoms with Crippen LogP contribution < -0.4 is 0 Å². The third kappa shape index (κ3) is 3.49. The molecular weight excluding hydrogens is 269 g/mol. The Kier molecular flexibility index (Phi) is 4.31. The van der Waals surface area contributed by atoms with Crippen LogP contribution in [0.25, 0.3) is 0 Å². The van der Waals surface area contributed by atoms with Crippen LogP contribution in [0.2, 0.25) is 0 Å². The monoisotopic (exact) mass is 289 g/mol. The number of H-pyrrole nitrogens is 1. The van der Waals surface area contributed by atoms with Gasteiger partial charge in [-0.15, -0.1) is 0 Å². The third-order valence-electron chi connectivity index (χ3n) is 4.24. The van der Waals surface area contributed by atoms with Gasteiger partial charge >= 0.3 is 0 Å². The summed E-state index contributed by atoms with van der Waals surface area (Å²) in [4.78, 5) is 9.50. The first-order valence-electron chi connectivity index (χ1n) is 7.35.